The van der Waals surface area contributed by atoms with Crippen LogP contribution in [0.5, 0.6) is 0 Å². The number of hydrogen-bond acceptors (Lipinski definition) is 6. The zero-order valence-corrected chi connectivity index (χ0v) is 11.4. The number of nitrogens with zero attached hydrogens (tertiary/aromatic N) is 5. The molecule has 1 aromatic carbocycles. The molecule has 0 aliphatic heterocycles. The van der Waals surface area contributed by atoms with Gasteiger partial charge in [0.05, 0.1) is 18.0 Å². The Bertz CT molecular complexity index is 595. The number of nitro groups is 1. The zero-order chi connectivity index (χ0) is 14.5. The lowest BCUT2D eigenvalue weighted by molar-refractivity contribution is -0.384. The highest BCUT2D eigenvalue weighted by molar-refractivity contribution is 5.34. The Morgan fingerprint density at radius 2 is 2.25 bits per heavy atom. The van der Waals surface area contributed by atoms with Crippen LogP contribution in [0.1, 0.15) is 25.2 Å². The van der Waals surface area contributed by atoms with Crippen LogP contribution in [0.3, 0.4) is 0 Å². The molecule has 1 heterocycles. The molecule has 0 amide bonds. The summed E-state index contributed by atoms with van der Waals surface area (Å²) in [6.45, 7) is 5.03. The van der Waals surface area contributed by atoms with Gasteiger partial charge in [-0.2, -0.15) is 0 Å². The minimum absolute atomic E-state index is 0.0671. The van der Waals surface area contributed by atoms with Crippen LogP contribution in [0.4, 0.5) is 5.69 Å². The highest BCUT2D eigenvalue weighted by Gasteiger charge is 2.10. The molecule has 20 heavy (non-hydrogen) atoms. The van der Waals surface area contributed by atoms with Crippen LogP contribution in [0.2, 0.25) is 0 Å². The van der Waals surface area contributed by atoms with Gasteiger partial charge in [0.15, 0.2) is 5.82 Å². The van der Waals surface area contributed by atoms with Crippen LogP contribution in [0.25, 0.3) is 0 Å². The van der Waals surface area contributed by atoms with Gasteiger partial charge in [-0.25, -0.2) is 4.68 Å². The number of tetrazole rings is 1. The Morgan fingerprint density at radius 3 is 2.95 bits per heavy atom. The van der Waals surface area contributed by atoms with Crippen molar-refractivity contribution in [2.45, 2.75) is 33.0 Å². The summed E-state index contributed by atoms with van der Waals surface area (Å²) in [6.07, 6.45) is 0. The van der Waals surface area contributed by atoms with Crippen LogP contribution in [-0.4, -0.2) is 31.2 Å². The first-order chi connectivity index (χ1) is 9.56. The van der Waals surface area contributed by atoms with Crippen LogP contribution < -0.4 is 5.32 Å². The Balaban J connectivity index is 2.12. The van der Waals surface area contributed by atoms with E-state index >= 15 is 0 Å². The molecule has 0 saturated heterocycles. The van der Waals surface area contributed by atoms with E-state index in [-0.39, 0.29) is 5.69 Å². The SMILES string of the molecule is CC(C)NCc1nnnn1Cc1cccc([N+](=O)[O-])c1. The molecule has 0 atom stereocenters. The summed E-state index contributed by atoms with van der Waals surface area (Å²) in [7, 11) is 0. The molecule has 8 heteroatoms. The first-order valence-corrected chi connectivity index (χ1v) is 6.28. The standard InChI is InChI=1S/C12H16N6O2/c1-9(2)13-7-12-14-15-16-17(12)8-10-4-3-5-11(6-10)18(19)20/h3-6,9,13H,7-8H2,1-2H3. The van der Waals surface area contributed by atoms with Crippen molar-refractivity contribution >= 4 is 5.69 Å². The van der Waals surface area contributed by atoms with Gasteiger partial charge in [-0.1, -0.05) is 26.0 Å². The zero-order valence-electron chi connectivity index (χ0n) is 11.4. The smallest absolute Gasteiger partial charge is 0.269 e. The van der Waals surface area contributed by atoms with E-state index in [0.29, 0.717) is 25.0 Å². The summed E-state index contributed by atoms with van der Waals surface area (Å²) in [5.41, 5.74) is 0.856. The fraction of sp³-hybridized carbons (Fsp3) is 0.417. The van der Waals surface area contributed by atoms with Crippen LogP contribution >= 0.6 is 0 Å². The second kappa shape index (κ2) is 6.20. The van der Waals surface area contributed by atoms with E-state index in [9.17, 15) is 10.1 Å². The fourth-order valence-electron chi connectivity index (χ4n) is 1.71. The molecule has 0 bridgehead atoms. The second-order valence-corrected chi connectivity index (χ2v) is 4.72. The van der Waals surface area contributed by atoms with Crippen molar-refractivity contribution in [2.75, 3.05) is 0 Å². The van der Waals surface area contributed by atoms with Gasteiger partial charge in [0.1, 0.15) is 0 Å². The van der Waals surface area contributed by atoms with E-state index in [1.165, 1.54) is 12.1 Å². The lowest BCUT2D eigenvalue weighted by Gasteiger charge is -2.08. The Hall–Kier alpha value is -2.35. The summed E-state index contributed by atoms with van der Waals surface area (Å²) in [6, 6.07) is 6.79. The molecule has 0 unspecified atom stereocenters. The Labute approximate surface area is 115 Å². The summed E-state index contributed by atoms with van der Waals surface area (Å²) in [4.78, 5) is 10.3. The topological polar surface area (TPSA) is 98.8 Å². The fourth-order valence-corrected chi connectivity index (χ4v) is 1.71. The average Bonchev–Trinajstić information content (AvgIpc) is 2.84. The second-order valence-electron chi connectivity index (χ2n) is 4.72. The summed E-state index contributed by atoms with van der Waals surface area (Å²) in [5, 5.41) is 25.5. The number of hydrogen-bond donors (Lipinski definition) is 1. The van der Waals surface area contributed by atoms with E-state index in [4.69, 9.17) is 0 Å². The Morgan fingerprint density at radius 1 is 1.45 bits per heavy atom. The van der Waals surface area contributed by atoms with E-state index in [1.54, 1.807) is 10.7 Å². The number of benzene rings is 1. The molecule has 2 rings (SSSR count). The molecule has 0 aliphatic rings. The van der Waals surface area contributed by atoms with Crippen molar-refractivity contribution in [1.82, 2.24) is 25.5 Å². The van der Waals surface area contributed by atoms with Gasteiger partial charge in [0, 0.05) is 18.2 Å². The third-order valence-corrected chi connectivity index (χ3v) is 2.73. The third kappa shape index (κ3) is 3.58. The number of rotatable bonds is 6. The minimum atomic E-state index is -0.412. The van der Waals surface area contributed by atoms with Gasteiger partial charge >= 0.3 is 0 Å². The van der Waals surface area contributed by atoms with E-state index < -0.39 is 4.92 Å². The van der Waals surface area contributed by atoms with Gasteiger partial charge in [0.2, 0.25) is 0 Å². The number of nitro benzene ring substituents is 1. The van der Waals surface area contributed by atoms with Crippen molar-refractivity contribution in [3.63, 3.8) is 0 Å². The predicted octanol–water partition coefficient (Wildman–Crippen LogP) is 1.13. The number of non-ortho nitro benzene ring substituents is 1. The van der Waals surface area contributed by atoms with Crippen molar-refractivity contribution in [1.29, 1.82) is 0 Å². The maximum absolute atomic E-state index is 10.7. The van der Waals surface area contributed by atoms with Gasteiger partial charge < -0.3 is 5.32 Å². The molecule has 1 aromatic heterocycles. The molecule has 0 fully saturated rings. The monoisotopic (exact) mass is 276 g/mol. The minimum Gasteiger partial charge on any atom is -0.308 e. The largest absolute Gasteiger partial charge is 0.308 e. The highest BCUT2D eigenvalue weighted by Crippen LogP contribution is 2.14. The Kier molecular flexibility index (Phi) is 4.36. The molecule has 8 nitrogen and oxygen atoms in total. The van der Waals surface area contributed by atoms with Gasteiger partial charge in [-0.15, -0.1) is 5.10 Å². The average molecular weight is 276 g/mol. The third-order valence-electron chi connectivity index (χ3n) is 2.73. The first kappa shape index (κ1) is 14.1. The van der Waals surface area contributed by atoms with E-state index in [1.807, 2.05) is 19.9 Å². The molecule has 106 valence electrons. The summed E-state index contributed by atoms with van der Waals surface area (Å²) < 4.78 is 1.63. The molecule has 0 spiro atoms. The quantitative estimate of drug-likeness (QED) is 0.627. The van der Waals surface area contributed by atoms with Crippen molar-refractivity contribution < 1.29 is 4.92 Å². The van der Waals surface area contributed by atoms with E-state index in [0.717, 1.165) is 5.56 Å². The van der Waals surface area contributed by atoms with Crippen molar-refractivity contribution in [2.24, 2.45) is 0 Å². The molecule has 0 saturated carbocycles. The molecular weight excluding hydrogens is 260 g/mol. The highest BCUT2D eigenvalue weighted by atomic mass is 16.6. The van der Waals surface area contributed by atoms with Crippen LogP contribution in [0.15, 0.2) is 24.3 Å². The molecule has 2 aromatic rings. The van der Waals surface area contributed by atoms with E-state index in [2.05, 4.69) is 20.8 Å². The molecule has 1 N–H and O–H groups in total. The van der Waals surface area contributed by atoms with Crippen molar-refractivity contribution in [3.05, 3.63) is 45.8 Å². The van der Waals surface area contributed by atoms with Crippen LogP contribution in [-0.2, 0) is 13.1 Å². The normalized spacial score (nSPS) is 10.9. The van der Waals surface area contributed by atoms with Gasteiger partial charge in [-0.3, -0.25) is 10.1 Å². The molecule has 0 aliphatic carbocycles. The lowest BCUT2D eigenvalue weighted by atomic mass is 10.2. The van der Waals surface area contributed by atoms with Crippen LogP contribution in [0, 0.1) is 10.1 Å². The molecule has 0 radical (unpaired) electrons. The van der Waals surface area contributed by atoms with Gasteiger partial charge in [0.25, 0.3) is 5.69 Å². The lowest BCUT2D eigenvalue weighted by Crippen LogP contribution is -2.24. The summed E-state index contributed by atoms with van der Waals surface area (Å²) in [5.74, 6) is 0.699. The number of nitrogens with one attached hydrogen (secondary N) is 1. The van der Waals surface area contributed by atoms with Gasteiger partial charge in [-0.05, 0) is 16.0 Å². The number of aromatic nitrogens is 4. The summed E-state index contributed by atoms with van der Waals surface area (Å²) >= 11 is 0. The first-order valence-electron chi connectivity index (χ1n) is 6.28. The maximum atomic E-state index is 10.7. The molecular formula is C12H16N6O2. The maximum Gasteiger partial charge on any atom is 0.269 e. The van der Waals surface area contributed by atoms with Crippen molar-refractivity contribution in [3.8, 4) is 0 Å². The predicted molar refractivity (Wildman–Crippen MR) is 72.0 cm³/mol.